The van der Waals surface area contributed by atoms with Crippen molar-refractivity contribution in [2.45, 2.75) is 39.9 Å². The van der Waals surface area contributed by atoms with E-state index in [-0.39, 0.29) is 6.04 Å². The number of nitrogens with zero attached hydrogens (tertiary/aromatic N) is 2. The molecule has 0 unspecified atom stereocenters. The number of hydrogen-bond donors (Lipinski definition) is 1. The molecular weight excluding hydrogens is 286 g/mol. The van der Waals surface area contributed by atoms with E-state index in [2.05, 4.69) is 30.3 Å². The second-order valence-electron chi connectivity index (χ2n) is 5.04. The predicted octanol–water partition coefficient (Wildman–Crippen LogP) is 3.72. The van der Waals surface area contributed by atoms with Gasteiger partial charge in [-0.25, -0.2) is 0 Å². The van der Waals surface area contributed by atoms with E-state index in [9.17, 15) is 0 Å². The highest BCUT2D eigenvalue weighted by atomic mass is 35.5. The van der Waals surface area contributed by atoms with Crippen molar-refractivity contribution in [1.82, 2.24) is 15.1 Å². The third kappa shape index (κ3) is 3.57. The van der Waals surface area contributed by atoms with E-state index in [1.807, 2.05) is 29.8 Å². The smallest absolute Gasteiger partial charge is 0.119 e. The lowest BCUT2D eigenvalue weighted by Gasteiger charge is -2.16. The fourth-order valence-corrected chi connectivity index (χ4v) is 2.52. The van der Waals surface area contributed by atoms with Crippen molar-refractivity contribution < 1.29 is 4.74 Å². The van der Waals surface area contributed by atoms with Gasteiger partial charge < -0.3 is 10.1 Å². The van der Waals surface area contributed by atoms with Crippen LogP contribution in [0, 0.1) is 6.92 Å². The molecule has 0 aliphatic heterocycles. The topological polar surface area (TPSA) is 39.1 Å². The van der Waals surface area contributed by atoms with Gasteiger partial charge in [0.15, 0.2) is 0 Å². The average Bonchev–Trinajstić information content (AvgIpc) is 2.79. The Bertz CT molecular complexity index is 610. The van der Waals surface area contributed by atoms with Crippen LogP contribution in [0.25, 0.3) is 0 Å². The van der Waals surface area contributed by atoms with Crippen molar-refractivity contribution in [3.05, 3.63) is 46.2 Å². The molecular formula is C16H22ClN3O. The first-order valence-electron chi connectivity index (χ1n) is 7.16. The first kappa shape index (κ1) is 15.9. The maximum absolute atomic E-state index is 6.33. The Morgan fingerprint density at radius 3 is 2.86 bits per heavy atom. The predicted molar refractivity (Wildman–Crippen MR) is 85.9 cm³/mol. The molecule has 2 rings (SSSR count). The summed E-state index contributed by atoms with van der Waals surface area (Å²) in [6.45, 7) is 7.63. The monoisotopic (exact) mass is 307 g/mol. The normalized spacial score (nSPS) is 12.4. The molecule has 0 radical (unpaired) electrons. The van der Waals surface area contributed by atoms with Gasteiger partial charge in [0.05, 0.1) is 23.5 Å². The number of aryl methyl sites for hydroxylation is 2. The van der Waals surface area contributed by atoms with Crippen LogP contribution in [0.15, 0.2) is 24.3 Å². The fraction of sp³-hybridized carbons (Fsp3) is 0.438. The van der Waals surface area contributed by atoms with Crippen molar-refractivity contribution in [3.63, 3.8) is 0 Å². The Hall–Kier alpha value is -1.52. The second kappa shape index (κ2) is 6.96. The van der Waals surface area contributed by atoms with Crippen LogP contribution < -0.4 is 10.1 Å². The van der Waals surface area contributed by atoms with Crippen molar-refractivity contribution in [2.24, 2.45) is 0 Å². The van der Waals surface area contributed by atoms with Crippen molar-refractivity contribution >= 4 is 11.6 Å². The molecule has 1 atom stereocenters. The zero-order valence-corrected chi connectivity index (χ0v) is 13.7. The van der Waals surface area contributed by atoms with Crippen LogP contribution in [0.2, 0.25) is 5.02 Å². The van der Waals surface area contributed by atoms with Crippen LogP contribution in [0.1, 0.15) is 36.8 Å². The molecule has 1 aromatic heterocycles. The number of methoxy groups -OCH3 is 1. The summed E-state index contributed by atoms with van der Waals surface area (Å²) in [5, 5.41) is 8.68. The summed E-state index contributed by atoms with van der Waals surface area (Å²) >= 11 is 6.33. The van der Waals surface area contributed by atoms with Gasteiger partial charge in [0, 0.05) is 19.1 Å². The third-order valence-corrected chi connectivity index (χ3v) is 4.11. The number of nitrogens with one attached hydrogen (secondary N) is 1. The number of ether oxygens (including phenoxy) is 1. The molecule has 0 saturated heterocycles. The van der Waals surface area contributed by atoms with E-state index in [4.69, 9.17) is 16.3 Å². The lowest BCUT2D eigenvalue weighted by Crippen LogP contribution is -2.20. The summed E-state index contributed by atoms with van der Waals surface area (Å²) in [5.74, 6) is 0.869. The van der Waals surface area contributed by atoms with Crippen molar-refractivity contribution in [1.29, 1.82) is 0 Å². The molecule has 2 aromatic rings. The van der Waals surface area contributed by atoms with Gasteiger partial charge in [-0.05, 0) is 38.5 Å². The van der Waals surface area contributed by atoms with Crippen LogP contribution in [-0.4, -0.2) is 16.9 Å². The van der Waals surface area contributed by atoms with E-state index >= 15 is 0 Å². The highest BCUT2D eigenvalue weighted by Crippen LogP contribution is 2.22. The van der Waals surface area contributed by atoms with Crippen LogP contribution in [0.4, 0.5) is 0 Å². The molecule has 0 aliphatic carbocycles. The number of aromatic nitrogens is 2. The van der Waals surface area contributed by atoms with E-state index in [1.54, 1.807) is 7.11 Å². The number of halogens is 1. The standard InChI is InChI=1S/C16H22ClN3O/c1-5-20-15(16(17)12(3)19-20)10-18-11(2)13-7-6-8-14(9-13)21-4/h6-9,11,18H,5,10H2,1-4H3/t11-/m1/s1. The number of hydrogen-bond acceptors (Lipinski definition) is 3. The Kier molecular flexibility index (Phi) is 5.26. The molecule has 0 saturated carbocycles. The largest absolute Gasteiger partial charge is 0.497 e. The molecule has 0 bridgehead atoms. The lowest BCUT2D eigenvalue weighted by atomic mass is 10.1. The minimum atomic E-state index is 0.205. The van der Waals surface area contributed by atoms with Crippen LogP contribution in [0.3, 0.4) is 0 Å². The first-order chi connectivity index (χ1) is 10.1. The van der Waals surface area contributed by atoms with Gasteiger partial charge in [-0.15, -0.1) is 0 Å². The summed E-state index contributed by atoms with van der Waals surface area (Å²) < 4.78 is 7.21. The summed E-state index contributed by atoms with van der Waals surface area (Å²) in [4.78, 5) is 0. The SMILES string of the molecule is CCn1nc(C)c(Cl)c1CN[C@H](C)c1cccc(OC)c1. The molecule has 0 amide bonds. The molecule has 0 fully saturated rings. The van der Waals surface area contributed by atoms with Crippen molar-refractivity contribution in [3.8, 4) is 5.75 Å². The Morgan fingerprint density at radius 1 is 1.43 bits per heavy atom. The van der Waals surface area contributed by atoms with Crippen molar-refractivity contribution in [2.75, 3.05) is 7.11 Å². The van der Waals surface area contributed by atoms with Gasteiger partial charge in [-0.3, -0.25) is 4.68 Å². The number of benzene rings is 1. The Balaban J connectivity index is 2.08. The minimum Gasteiger partial charge on any atom is -0.497 e. The molecule has 0 spiro atoms. The summed E-state index contributed by atoms with van der Waals surface area (Å²) in [7, 11) is 1.68. The van der Waals surface area contributed by atoms with Gasteiger partial charge in [0.1, 0.15) is 5.75 Å². The molecule has 1 aromatic carbocycles. The van der Waals surface area contributed by atoms with Gasteiger partial charge in [-0.2, -0.15) is 5.10 Å². The van der Waals surface area contributed by atoms with Gasteiger partial charge >= 0.3 is 0 Å². The zero-order chi connectivity index (χ0) is 15.4. The molecule has 114 valence electrons. The number of rotatable bonds is 6. The highest BCUT2D eigenvalue weighted by molar-refractivity contribution is 6.31. The summed E-state index contributed by atoms with van der Waals surface area (Å²) in [6, 6.07) is 8.28. The van der Waals surface area contributed by atoms with E-state index < -0.39 is 0 Å². The minimum absolute atomic E-state index is 0.205. The third-order valence-electron chi connectivity index (χ3n) is 3.62. The average molecular weight is 308 g/mol. The van der Waals surface area contributed by atoms with Gasteiger partial charge in [0.2, 0.25) is 0 Å². The Labute approximate surface area is 131 Å². The molecule has 4 nitrogen and oxygen atoms in total. The maximum Gasteiger partial charge on any atom is 0.119 e. The molecule has 1 N–H and O–H groups in total. The van der Waals surface area contributed by atoms with E-state index in [1.165, 1.54) is 5.56 Å². The maximum atomic E-state index is 6.33. The highest BCUT2D eigenvalue weighted by Gasteiger charge is 2.14. The van der Waals surface area contributed by atoms with Crippen LogP contribution in [0.5, 0.6) is 5.75 Å². The molecule has 21 heavy (non-hydrogen) atoms. The van der Waals surface area contributed by atoms with Crippen LogP contribution in [-0.2, 0) is 13.1 Å². The summed E-state index contributed by atoms with van der Waals surface area (Å²) in [6.07, 6.45) is 0. The van der Waals surface area contributed by atoms with E-state index in [0.29, 0.717) is 6.54 Å². The first-order valence-corrected chi connectivity index (χ1v) is 7.53. The van der Waals surface area contributed by atoms with Gasteiger partial charge in [0.25, 0.3) is 0 Å². The quantitative estimate of drug-likeness (QED) is 0.884. The molecule has 5 heteroatoms. The fourth-order valence-electron chi connectivity index (χ4n) is 2.32. The van der Waals surface area contributed by atoms with E-state index in [0.717, 1.165) is 28.7 Å². The van der Waals surface area contributed by atoms with Gasteiger partial charge in [-0.1, -0.05) is 23.7 Å². The summed E-state index contributed by atoms with van der Waals surface area (Å²) in [5.41, 5.74) is 3.10. The zero-order valence-electron chi connectivity index (χ0n) is 13.0. The second-order valence-corrected chi connectivity index (χ2v) is 5.42. The Morgan fingerprint density at radius 2 is 2.19 bits per heavy atom. The lowest BCUT2D eigenvalue weighted by molar-refractivity contribution is 0.413. The molecule has 0 aliphatic rings. The van der Waals surface area contributed by atoms with Crippen LogP contribution >= 0.6 is 11.6 Å². The molecule has 1 heterocycles.